The lowest BCUT2D eigenvalue weighted by molar-refractivity contribution is 0.342. The number of hydrogen-bond acceptors (Lipinski definition) is 4. The molecule has 0 bridgehead atoms. The zero-order valence-corrected chi connectivity index (χ0v) is 20.2. The van der Waals surface area contributed by atoms with Crippen molar-refractivity contribution in [3.8, 4) is 29.2 Å². The molecule has 0 radical (unpaired) electrons. The first kappa shape index (κ1) is 22.4. The van der Waals surface area contributed by atoms with Gasteiger partial charge in [-0.3, -0.25) is 4.79 Å². The van der Waals surface area contributed by atoms with Crippen molar-refractivity contribution in [3.05, 3.63) is 70.4 Å². The summed E-state index contributed by atoms with van der Waals surface area (Å²) in [5, 5.41) is 1.89. The molecule has 8 heteroatoms. The van der Waals surface area contributed by atoms with E-state index in [4.69, 9.17) is 11.2 Å². The van der Waals surface area contributed by atoms with Crippen LogP contribution < -0.4 is 10.2 Å². The number of pyridine rings is 1. The average Bonchev–Trinajstić information content (AvgIpc) is 3.62. The van der Waals surface area contributed by atoms with Crippen LogP contribution in [0.4, 0.5) is 3.89 Å². The number of terminal acetylenes is 1. The maximum Gasteiger partial charge on any atom is 0.332 e. The van der Waals surface area contributed by atoms with Gasteiger partial charge in [0.15, 0.2) is 5.43 Å². The van der Waals surface area contributed by atoms with E-state index < -0.39 is 15.1 Å². The van der Waals surface area contributed by atoms with Crippen molar-refractivity contribution >= 4 is 43.1 Å². The van der Waals surface area contributed by atoms with Gasteiger partial charge in [0.05, 0.1) is 27.8 Å². The van der Waals surface area contributed by atoms with Gasteiger partial charge in [0.1, 0.15) is 11.4 Å². The fraction of sp³-hybridized carbons (Fsp3) is 0.179. The van der Waals surface area contributed by atoms with Gasteiger partial charge in [-0.15, -0.1) is 10.3 Å². The Hall–Kier alpha value is -4.09. The van der Waals surface area contributed by atoms with Crippen molar-refractivity contribution < 1.29 is 17.0 Å². The molecule has 1 aliphatic rings. The highest BCUT2D eigenvalue weighted by Gasteiger charge is 2.29. The lowest BCUT2D eigenvalue weighted by Gasteiger charge is -2.17. The summed E-state index contributed by atoms with van der Waals surface area (Å²) < 4.78 is 44.9. The molecule has 1 fully saturated rings. The number of ether oxygens (including phenoxy) is 1. The average molecular weight is 501 g/mol. The number of aromatic amines is 1. The van der Waals surface area contributed by atoms with Gasteiger partial charge in [0.2, 0.25) is 0 Å². The molecule has 1 N–H and O–H groups in total. The monoisotopic (exact) mass is 500 g/mol. The molecule has 1 saturated carbocycles. The van der Waals surface area contributed by atoms with Crippen LogP contribution in [0.25, 0.3) is 44.0 Å². The van der Waals surface area contributed by atoms with Crippen molar-refractivity contribution in [3.63, 3.8) is 0 Å². The number of benzene rings is 3. The Bertz CT molecular complexity index is 1930. The molecule has 0 atom stereocenters. The number of fused-ring (bicyclic) bond motifs is 4. The van der Waals surface area contributed by atoms with Gasteiger partial charge in [-0.25, -0.2) is 0 Å². The quantitative estimate of drug-likeness (QED) is 0.249. The second kappa shape index (κ2) is 7.97. The zero-order valence-electron chi connectivity index (χ0n) is 19.3. The van der Waals surface area contributed by atoms with E-state index in [9.17, 15) is 17.1 Å². The molecule has 0 saturated heterocycles. The molecule has 1 aliphatic carbocycles. The Morgan fingerprint density at radius 1 is 1.14 bits per heavy atom. The number of aromatic nitrogens is 2. The highest BCUT2D eigenvalue weighted by atomic mass is 32.3. The van der Waals surface area contributed by atoms with Crippen LogP contribution in [0.2, 0.25) is 0 Å². The van der Waals surface area contributed by atoms with Gasteiger partial charge in [-0.05, 0) is 61.7 Å². The van der Waals surface area contributed by atoms with Crippen LogP contribution in [0.1, 0.15) is 31.4 Å². The van der Waals surface area contributed by atoms with E-state index in [1.807, 2.05) is 31.2 Å². The number of nitrogens with zero attached hydrogens (tertiary/aromatic N) is 1. The van der Waals surface area contributed by atoms with E-state index in [0.717, 1.165) is 29.4 Å². The highest BCUT2D eigenvalue weighted by Crippen LogP contribution is 2.43. The fourth-order valence-corrected chi connectivity index (χ4v) is 5.42. The molecule has 0 unspecified atom stereocenters. The van der Waals surface area contributed by atoms with Gasteiger partial charge >= 0.3 is 10.2 Å². The Balaban J connectivity index is 1.73. The molecule has 36 heavy (non-hydrogen) atoms. The first-order chi connectivity index (χ1) is 17.3. The summed E-state index contributed by atoms with van der Waals surface area (Å²) in [5.74, 6) is 3.05. The summed E-state index contributed by atoms with van der Waals surface area (Å²) in [5.41, 5.74) is 3.84. The fourth-order valence-electron chi connectivity index (χ4n) is 4.92. The molecule has 3 aromatic carbocycles. The Labute approximate surface area is 206 Å². The second-order valence-corrected chi connectivity index (χ2v) is 10.3. The van der Waals surface area contributed by atoms with Crippen molar-refractivity contribution in [2.45, 2.75) is 30.7 Å². The maximum atomic E-state index is 13.8. The smallest absolute Gasteiger partial charge is 0.332 e. The maximum absolute atomic E-state index is 13.8. The van der Waals surface area contributed by atoms with E-state index in [-0.39, 0.29) is 11.5 Å². The van der Waals surface area contributed by atoms with E-state index in [2.05, 4.69) is 15.5 Å². The number of nitrogens with one attached hydrogen (secondary N) is 1. The highest BCUT2D eigenvalue weighted by molar-refractivity contribution is 7.86. The van der Waals surface area contributed by atoms with Gasteiger partial charge < -0.3 is 14.3 Å². The summed E-state index contributed by atoms with van der Waals surface area (Å²) in [6, 6.07) is 15.0. The molecule has 2 aromatic heterocycles. The van der Waals surface area contributed by atoms with Gasteiger partial charge in [-0.2, -0.15) is 8.42 Å². The van der Waals surface area contributed by atoms with E-state index in [0.29, 0.717) is 45.3 Å². The molecule has 6 rings (SSSR count). The third kappa shape index (κ3) is 3.47. The minimum atomic E-state index is -4.88. The van der Waals surface area contributed by atoms with Gasteiger partial charge in [0.25, 0.3) is 0 Å². The van der Waals surface area contributed by atoms with Crippen molar-refractivity contribution in [1.29, 1.82) is 0 Å². The predicted molar refractivity (Wildman–Crippen MR) is 139 cm³/mol. The molecular weight excluding hydrogens is 479 g/mol. The van der Waals surface area contributed by atoms with Crippen LogP contribution >= 0.6 is 0 Å². The van der Waals surface area contributed by atoms with E-state index >= 15 is 0 Å². The summed E-state index contributed by atoms with van der Waals surface area (Å²) in [7, 11) is -4.88. The van der Waals surface area contributed by atoms with Crippen LogP contribution in [0.5, 0.6) is 5.75 Å². The molecule has 180 valence electrons. The summed E-state index contributed by atoms with van der Waals surface area (Å²) in [6.45, 7) is 2.16. The standard InChI is InChI=1S/C28H21FN2O4S/c1-3-16-8-11-20-23(12-16)30-28-26(20)27(32)22-15-25(35-4-2)21(14-24(22)31(28)18-9-10-18)17-6-5-7-19(13-17)36(29,33)34/h1,5-8,11-15,18,30H,4,9-10H2,2H3. The first-order valence-electron chi connectivity index (χ1n) is 11.6. The number of hydrogen-bond donors (Lipinski definition) is 1. The third-order valence-corrected chi connectivity index (χ3v) is 7.47. The molecule has 2 heterocycles. The van der Waals surface area contributed by atoms with Gasteiger partial charge in [0, 0.05) is 28.1 Å². The van der Waals surface area contributed by atoms with Crippen LogP contribution in [0.15, 0.2) is 64.3 Å². The Kier molecular flexibility index (Phi) is 4.95. The van der Waals surface area contributed by atoms with Crippen molar-refractivity contribution in [2.75, 3.05) is 6.61 Å². The Morgan fingerprint density at radius 2 is 1.94 bits per heavy atom. The van der Waals surface area contributed by atoms with Crippen LogP contribution in [-0.4, -0.2) is 24.6 Å². The zero-order chi connectivity index (χ0) is 25.2. The molecule has 0 aliphatic heterocycles. The van der Waals surface area contributed by atoms with Crippen LogP contribution in [-0.2, 0) is 10.2 Å². The lowest BCUT2D eigenvalue weighted by atomic mass is 10.0. The summed E-state index contributed by atoms with van der Waals surface area (Å²) >= 11 is 0. The minimum absolute atomic E-state index is 0.135. The van der Waals surface area contributed by atoms with Crippen LogP contribution in [0.3, 0.4) is 0 Å². The molecule has 5 aromatic rings. The molecular formula is C28H21FN2O4S. The SMILES string of the molecule is C#Cc1ccc2c(c1)[nH]c1c2c(=O)c2cc(OCC)c(-c3cccc(S(=O)(=O)F)c3)cc2n1C1CC1. The predicted octanol–water partition coefficient (Wildman–Crippen LogP) is 5.68. The number of rotatable bonds is 5. The number of halogens is 1. The molecule has 0 amide bonds. The largest absolute Gasteiger partial charge is 0.493 e. The second-order valence-electron chi connectivity index (χ2n) is 8.95. The Morgan fingerprint density at radius 3 is 2.64 bits per heavy atom. The van der Waals surface area contributed by atoms with E-state index in [1.165, 1.54) is 18.2 Å². The van der Waals surface area contributed by atoms with Crippen LogP contribution in [0, 0.1) is 12.3 Å². The number of H-pyrrole nitrogens is 1. The first-order valence-corrected chi connectivity index (χ1v) is 13.0. The topological polar surface area (TPSA) is 81.2 Å². The van der Waals surface area contributed by atoms with Gasteiger partial charge in [-0.1, -0.05) is 24.1 Å². The normalized spacial score (nSPS) is 13.9. The van der Waals surface area contributed by atoms with Crippen molar-refractivity contribution in [1.82, 2.24) is 9.55 Å². The summed E-state index contributed by atoms with van der Waals surface area (Å²) in [6.07, 6.45) is 7.52. The molecule has 0 spiro atoms. The third-order valence-electron chi connectivity index (χ3n) is 6.65. The summed E-state index contributed by atoms with van der Waals surface area (Å²) in [4.78, 5) is 16.8. The van der Waals surface area contributed by atoms with Crippen molar-refractivity contribution in [2.24, 2.45) is 0 Å². The lowest BCUT2D eigenvalue weighted by Crippen LogP contribution is -2.11. The minimum Gasteiger partial charge on any atom is -0.493 e. The molecule has 6 nitrogen and oxygen atoms in total. The van der Waals surface area contributed by atoms with E-state index in [1.54, 1.807) is 12.1 Å².